The number of thioether (sulfide) groups is 1. The van der Waals surface area contributed by atoms with Crippen LogP contribution in [0.5, 0.6) is 0 Å². The molecule has 6 nitrogen and oxygen atoms in total. The molecule has 0 radical (unpaired) electrons. The predicted molar refractivity (Wildman–Crippen MR) is 74.6 cm³/mol. The van der Waals surface area contributed by atoms with E-state index in [4.69, 9.17) is 5.73 Å². The van der Waals surface area contributed by atoms with Gasteiger partial charge in [0, 0.05) is 13.1 Å². The van der Waals surface area contributed by atoms with Crippen LogP contribution in [-0.4, -0.2) is 32.5 Å². The summed E-state index contributed by atoms with van der Waals surface area (Å²) < 4.78 is 1.83. The van der Waals surface area contributed by atoms with Gasteiger partial charge in [-0.15, -0.1) is 10.2 Å². The van der Waals surface area contributed by atoms with E-state index < -0.39 is 0 Å². The molecule has 106 valence electrons. The summed E-state index contributed by atoms with van der Waals surface area (Å²) in [6, 6.07) is 0.362. The van der Waals surface area contributed by atoms with Gasteiger partial charge in [-0.25, -0.2) is 0 Å². The van der Waals surface area contributed by atoms with Crippen LogP contribution in [0, 0.1) is 0 Å². The van der Waals surface area contributed by atoms with Crippen LogP contribution >= 0.6 is 11.8 Å². The molecule has 0 atom stereocenters. The number of amides is 1. The van der Waals surface area contributed by atoms with Gasteiger partial charge in [0.05, 0.1) is 12.3 Å². The maximum Gasteiger partial charge on any atom is 0.230 e. The van der Waals surface area contributed by atoms with E-state index in [2.05, 4.69) is 15.5 Å². The van der Waals surface area contributed by atoms with E-state index in [1.165, 1.54) is 31.0 Å². The highest BCUT2D eigenvalue weighted by Crippen LogP contribution is 2.18. The molecule has 0 spiro atoms. The summed E-state index contributed by atoms with van der Waals surface area (Å²) in [6.07, 6.45) is 5.96. The van der Waals surface area contributed by atoms with Crippen LogP contribution in [0.3, 0.4) is 0 Å². The summed E-state index contributed by atoms with van der Waals surface area (Å²) in [6.45, 7) is 0.359. The van der Waals surface area contributed by atoms with Gasteiger partial charge in [0.25, 0.3) is 0 Å². The minimum absolute atomic E-state index is 0.0780. The van der Waals surface area contributed by atoms with E-state index in [-0.39, 0.29) is 5.91 Å². The minimum Gasteiger partial charge on any atom is -0.353 e. The number of hydrogen-bond acceptors (Lipinski definition) is 5. The van der Waals surface area contributed by atoms with Crippen molar-refractivity contribution in [2.24, 2.45) is 12.8 Å². The fourth-order valence-electron chi connectivity index (χ4n) is 2.29. The van der Waals surface area contributed by atoms with Crippen molar-refractivity contribution < 1.29 is 4.79 Å². The quantitative estimate of drug-likeness (QED) is 0.781. The van der Waals surface area contributed by atoms with Gasteiger partial charge in [-0.2, -0.15) is 0 Å². The van der Waals surface area contributed by atoms with E-state index in [0.717, 1.165) is 23.8 Å². The third-order valence-electron chi connectivity index (χ3n) is 3.41. The zero-order valence-electron chi connectivity index (χ0n) is 11.3. The van der Waals surface area contributed by atoms with Crippen molar-refractivity contribution >= 4 is 17.7 Å². The number of hydrogen-bond donors (Lipinski definition) is 2. The van der Waals surface area contributed by atoms with Gasteiger partial charge in [0.1, 0.15) is 5.82 Å². The number of rotatable bonds is 5. The average Bonchev–Trinajstić information content (AvgIpc) is 2.78. The normalized spacial score (nSPS) is 16.5. The lowest BCUT2D eigenvalue weighted by molar-refractivity contribution is -0.119. The molecule has 1 saturated carbocycles. The number of nitrogens with zero attached hydrogens (tertiary/aromatic N) is 3. The molecule has 2 rings (SSSR count). The molecule has 1 amide bonds. The van der Waals surface area contributed by atoms with Crippen LogP contribution in [0.1, 0.15) is 37.9 Å². The standard InChI is InChI=1S/C12H21N5OS/c1-17-10(7-13)15-16-12(17)19-8-11(18)14-9-5-3-2-4-6-9/h9H,2-8,13H2,1H3,(H,14,18). The maximum atomic E-state index is 11.9. The lowest BCUT2D eigenvalue weighted by atomic mass is 9.95. The fraction of sp³-hybridized carbons (Fsp3) is 0.750. The van der Waals surface area contributed by atoms with Gasteiger partial charge in [-0.1, -0.05) is 31.0 Å². The third-order valence-corrected chi connectivity index (χ3v) is 4.43. The summed E-state index contributed by atoms with van der Waals surface area (Å²) in [5.41, 5.74) is 5.53. The largest absolute Gasteiger partial charge is 0.353 e. The molecule has 1 aromatic rings. The van der Waals surface area contributed by atoms with Crippen LogP contribution in [0.25, 0.3) is 0 Å². The number of carbonyl (C=O) groups excluding carboxylic acids is 1. The van der Waals surface area contributed by atoms with Crippen molar-refractivity contribution in [3.05, 3.63) is 5.82 Å². The fourth-order valence-corrected chi connectivity index (χ4v) is 3.04. The first-order valence-corrected chi connectivity index (χ1v) is 7.69. The molecular weight excluding hydrogens is 262 g/mol. The van der Waals surface area contributed by atoms with Gasteiger partial charge in [-0.05, 0) is 12.8 Å². The van der Waals surface area contributed by atoms with E-state index in [0.29, 0.717) is 18.3 Å². The highest BCUT2D eigenvalue weighted by atomic mass is 32.2. The Morgan fingerprint density at radius 3 is 2.79 bits per heavy atom. The maximum absolute atomic E-state index is 11.9. The predicted octanol–water partition coefficient (Wildman–Crippen LogP) is 0.815. The summed E-state index contributed by atoms with van der Waals surface area (Å²) in [4.78, 5) is 11.9. The monoisotopic (exact) mass is 283 g/mol. The highest BCUT2D eigenvalue weighted by Gasteiger charge is 2.16. The van der Waals surface area contributed by atoms with Crippen molar-refractivity contribution in [1.82, 2.24) is 20.1 Å². The van der Waals surface area contributed by atoms with Crippen molar-refractivity contribution in [1.29, 1.82) is 0 Å². The van der Waals surface area contributed by atoms with E-state index in [1.807, 2.05) is 11.6 Å². The minimum atomic E-state index is 0.0780. The average molecular weight is 283 g/mol. The molecule has 0 aliphatic heterocycles. The first-order valence-electron chi connectivity index (χ1n) is 6.71. The molecular formula is C12H21N5OS. The van der Waals surface area contributed by atoms with Crippen molar-refractivity contribution in [2.45, 2.75) is 49.8 Å². The summed E-state index contributed by atoms with van der Waals surface area (Å²) >= 11 is 1.40. The summed E-state index contributed by atoms with van der Waals surface area (Å²) in [5, 5.41) is 11.8. The third kappa shape index (κ3) is 3.94. The lowest BCUT2D eigenvalue weighted by Gasteiger charge is -2.22. The second kappa shape index (κ2) is 6.91. The number of nitrogens with two attached hydrogens (primary N) is 1. The summed E-state index contributed by atoms with van der Waals surface area (Å²) in [5.74, 6) is 1.19. The van der Waals surface area contributed by atoms with E-state index >= 15 is 0 Å². The van der Waals surface area contributed by atoms with Crippen LogP contribution < -0.4 is 11.1 Å². The Morgan fingerprint density at radius 1 is 1.42 bits per heavy atom. The second-order valence-corrected chi connectivity index (χ2v) is 5.80. The molecule has 3 N–H and O–H groups in total. The Hall–Kier alpha value is -1.08. The zero-order valence-corrected chi connectivity index (χ0v) is 12.1. The van der Waals surface area contributed by atoms with Crippen LogP contribution in [-0.2, 0) is 18.4 Å². The first-order chi connectivity index (χ1) is 9.20. The Kier molecular flexibility index (Phi) is 5.21. The Balaban J connectivity index is 1.77. The van der Waals surface area contributed by atoms with Crippen molar-refractivity contribution in [2.75, 3.05) is 5.75 Å². The van der Waals surface area contributed by atoms with Gasteiger partial charge < -0.3 is 15.6 Å². The Bertz CT molecular complexity index is 428. The molecule has 1 aromatic heterocycles. The number of carbonyl (C=O) groups is 1. The van der Waals surface area contributed by atoms with Gasteiger partial charge in [0.15, 0.2) is 5.16 Å². The van der Waals surface area contributed by atoms with Crippen molar-refractivity contribution in [3.8, 4) is 0 Å². The van der Waals surface area contributed by atoms with Crippen LogP contribution in [0.4, 0.5) is 0 Å². The molecule has 1 aliphatic carbocycles. The van der Waals surface area contributed by atoms with Crippen molar-refractivity contribution in [3.63, 3.8) is 0 Å². The Labute approximate surface area is 117 Å². The molecule has 1 heterocycles. The van der Waals surface area contributed by atoms with Gasteiger partial charge >= 0.3 is 0 Å². The van der Waals surface area contributed by atoms with Crippen LogP contribution in [0.15, 0.2) is 5.16 Å². The topological polar surface area (TPSA) is 85.8 Å². The molecule has 0 saturated heterocycles. The van der Waals surface area contributed by atoms with Gasteiger partial charge in [0.2, 0.25) is 5.91 Å². The Morgan fingerprint density at radius 2 is 2.16 bits per heavy atom. The smallest absolute Gasteiger partial charge is 0.230 e. The zero-order chi connectivity index (χ0) is 13.7. The molecule has 19 heavy (non-hydrogen) atoms. The molecule has 0 aromatic carbocycles. The van der Waals surface area contributed by atoms with Crippen LogP contribution in [0.2, 0.25) is 0 Å². The first kappa shape index (κ1) is 14.3. The molecule has 1 aliphatic rings. The second-order valence-electron chi connectivity index (χ2n) is 4.85. The number of nitrogens with one attached hydrogen (secondary N) is 1. The lowest BCUT2D eigenvalue weighted by Crippen LogP contribution is -2.37. The highest BCUT2D eigenvalue weighted by molar-refractivity contribution is 7.99. The molecule has 1 fully saturated rings. The molecule has 0 unspecified atom stereocenters. The number of aromatic nitrogens is 3. The van der Waals surface area contributed by atoms with E-state index in [9.17, 15) is 4.79 Å². The molecule has 7 heteroatoms. The SMILES string of the molecule is Cn1c(CN)nnc1SCC(=O)NC1CCCCC1. The van der Waals surface area contributed by atoms with Gasteiger partial charge in [-0.3, -0.25) is 4.79 Å². The van der Waals surface area contributed by atoms with E-state index in [1.54, 1.807) is 0 Å². The molecule has 0 bridgehead atoms. The summed E-state index contributed by atoms with van der Waals surface area (Å²) in [7, 11) is 1.86.